The van der Waals surface area contributed by atoms with Gasteiger partial charge in [-0.25, -0.2) is 8.37 Å². The SMILES string of the molecule is Cc1oc(C2OS(=O)O2)c(O)c1O. The number of furan rings is 1. The highest BCUT2D eigenvalue weighted by Crippen LogP contribution is 2.43. The summed E-state index contributed by atoms with van der Waals surface area (Å²) in [6.07, 6.45) is -1.000. The molecule has 0 saturated carbocycles. The smallest absolute Gasteiger partial charge is 0.310 e. The van der Waals surface area contributed by atoms with E-state index in [-0.39, 0.29) is 17.3 Å². The van der Waals surface area contributed by atoms with Gasteiger partial charge in [-0.15, -0.1) is 0 Å². The van der Waals surface area contributed by atoms with Crippen LogP contribution in [0.3, 0.4) is 0 Å². The summed E-state index contributed by atoms with van der Waals surface area (Å²) in [4.78, 5) is 0. The molecule has 1 aromatic rings. The second-order valence-corrected chi connectivity index (χ2v) is 3.24. The third-order valence-corrected chi connectivity index (χ3v) is 2.26. The van der Waals surface area contributed by atoms with Crippen molar-refractivity contribution in [2.45, 2.75) is 13.2 Å². The molecular weight excluding hydrogens is 200 g/mol. The van der Waals surface area contributed by atoms with Gasteiger partial charge in [0.25, 0.3) is 6.29 Å². The minimum Gasteiger partial charge on any atom is -0.502 e. The maximum atomic E-state index is 10.4. The molecule has 72 valence electrons. The van der Waals surface area contributed by atoms with Gasteiger partial charge in [-0.1, -0.05) is 0 Å². The Balaban J connectivity index is 2.31. The van der Waals surface area contributed by atoms with Crippen LogP contribution < -0.4 is 0 Å². The Morgan fingerprint density at radius 1 is 1.31 bits per heavy atom. The summed E-state index contributed by atoms with van der Waals surface area (Å²) >= 11 is -1.78. The van der Waals surface area contributed by atoms with Crippen LogP contribution in [0.2, 0.25) is 0 Å². The maximum absolute atomic E-state index is 10.4. The lowest BCUT2D eigenvalue weighted by Gasteiger charge is -2.21. The Kier molecular flexibility index (Phi) is 1.79. The molecule has 0 radical (unpaired) electrons. The minimum atomic E-state index is -1.78. The Morgan fingerprint density at radius 2 is 1.92 bits per heavy atom. The Labute approximate surface area is 75.6 Å². The second kappa shape index (κ2) is 2.72. The van der Waals surface area contributed by atoms with Crippen LogP contribution in [-0.2, 0) is 19.7 Å². The molecule has 1 aromatic heterocycles. The van der Waals surface area contributed by atoms with E-state index in [0.717, 1.165) is 0 Å². The number of hydrogen-bond donors (Lipinski definition) is 2. The summed E-state index contributed by atoms with van der Waals surface area (Å²) in [6.45, 7) is 1.47. The fourth-order valence-corrected chi connectivity index (χ4v) is 1.42. The van der Waals surface area contributed by atoms with Gasteiger partial charge in [0.1, 0.15) is 5.76 Å². The molecular formula is C6H6O6S. The van der Waals surface area contributed by atoms with Gasteiger partial charge in [-0.3, -0.25) is 0 Å². The van der Waals surface area contributed by atoms with Crippen molar-refractivity contribution in [3.63, 3.8) is 0 Å². The highest BCUT2D eigenvalue weighted by Gasteiger charge is 2.37. The minimum absolute atomic E-state index is 0.0744. The number of rotatable bonds is 1. The second-order valence-electron chi connectivity index (χ2n) is 2.45. The number of aryl methyl sites for hydroxylation is 1. The normalized spacial score (nSPS) is 27.2. The molecule has 0 amide bonds. The standard InChI is InChI=1S/C6H6O6S/c1-2-3(7)4(8)5(10-2)6-11-13(9)12-6/h6-8H,1H3. The van der Waals surface area contributed by atoms with E-state index in [2.05, 4.69) is 8.37 Å². The molecule has 0 aliphatic carbocycles. The van der Waals surface area contributed by atoms with Gasteiger partial charge in [-0.05, 0) is 6.92 Å². The number of aromatic hydroxyl groups is 2. The largest absolute Gasteiger partial charge is 0.502 e. The molecule has 2 rings (SSSR count). The zero-order chi connectivity index (χ0) is 9.59. The van der Waals surface area contributed by atoms with Crippen molar-refractivity contribution >= 4 is 11.4 Å². The summed E-state index contributed by atoms with van der Waals surface area (Å²) in [5.74, 6) is -0.730. The summed E-state index contributed by atoms with van der Waals surface area (Å²) in [5.41, 5.74) is 0. The molecule has 1 aliphatic heterocycles. The fourth-order valence-electron chi connectivity index (χ4n) is 0.942. The average Bonchev–Trinajstić information content (AvgIpc) is 2.27. The molecule has 0 atom stereocenters. The van der Waals surface area contributed by atoms with E-state index < -0.39 is 23.4 Å². The summed E-state index contributed by atoms with van der Waals surface area (Å²) in [5, 5.41) is 18.4. The van der Waals surface area contributed by atoms with Crippen LogP contribution in [-0.4, -0.2) is 14.4 Å². The summed E-state index contributed by atoms with van der Waals surface area (Å²) in [6, 6.07) is 0. The van der Waals surface area contributed by atoms with E-state index in [9.17, 15) is 9.32 Å². The molecule has 1 saturated heterocycles. The molecule has 0 spiro atoms. The average molecular weight is 206 g/mol. The predicted molar refractivity (Wildman–Crippen MR) is 39.8 cm³/mol. The van der Waals surface area contributed by atoms with E-state index in [1.807, 2.05) is 0 Å². The molecule has 0 aromatic carbocycles. The molecule has 0 bridgehead atoms. The van der Waals surface area contributed by atoms with Crippen molar-refractivity contribution in [1.29, 1.82) is 0 Å². The lowest BCUT2D eigenvalue weighted by molar-refractivity contribution is -0.0799. The van der Waals surface area contributed by atoms with E-state index >= 15 is 0 Å². The van der Waals surface area contributed by atoms with E-state index in [0.29, 0.717) is 0 Å². The van der Waals surface area contributed by atoms with Crippen molar-refractivity contribution in [2.24, 2.45) is 0 Å². The molecule has 6 nitrogen and oxygen atoms in total. The predicted octanol–water partition coefficient (Wildman–Crippen LogP) is 0.623. The monoisotopic (exact) mass is 206 g/mol. The first-order valence-electron chi connectivity index (χ1n) is 3.37. The molecule has 2 heterocycles. The van der Waals surface area contributed by atoms with Crippen LogP contribution in [0.4, 0.5) is 0 Å². The topological polar surface area (TPSA) is 89.1 Å². The van der Waals surface area contributed by atoms with Gasteiger partial charge >= 0.3 is 11.4 Å². The molecule has 13 heavy (non-hydrogen) atoms. The molecule has 2 N–H and O–H groups in total. The van der Waals surface area contributed by atoms with Crippen LogP contribution in [0.25, 0.3) is 0 Å². The molecule has 7 heteroatoms. The van der Waals surface area contributed by atoms with Gasteiger partial charge in [0.2, 0.25) is 11.5 Å². The van der Waals surface area contributed by atoms with Gasteiger partial charge in [0, 0.05) is 0 Å². The van der Waals surface area contributed by atoms with Crippen molar-refractivity contribution < 1.29 is 27.2 Å². The van der Waals surface area contributed by atoms with E-state index in [4.69, 9.17) is 9.52 Å². The van der Waals surface area contributed by atoms with Crippen molar-refractivity contribution in [1.82, 2.24) is 0 Å². The third-order valence-electron chi connectivity index (χ3n) is 1.60. The lowest BCUT2D eigenvalue weighted by atomic mass is 10.3. The Bertz CT molecular complexity index is 361. The van der Waals surface area contributed by atoms with Crippen LogP contribution in [0.5, 0.6) is 11.5 Å². The third kappa shape index (κ3) is 1.21. The highest BCUT2D eigenvalue weighted by atomic mass is 32.2. The Morgan fingerprint density at radius 3 is 2.31 bits per heavy atom. The van der Waals surface area contributed by atoms with Crippen molar-refractivity contribution in [3.05, 3.63) is 11.5 Å². The molecule has 1 fully saturated rings. The van der Waals surface area contributed by atoms with Gasteiger partial charge in [0.15, 0.2) is 5.75 Å². The first-order valence-corrected chi connectivity index (χ1v) is 4.37. The van der Waals surface area contributed by atoms with Crippen LogP contribution in [0.1, 0.15) is 17.8 Å². The lowest BCUT2D eigenvalue weighted by Crippen LogP contribution is -2.22. The van der Waals surface area contributed by atoms with Crippen molar-refractivity contribution in [3.8, 4) is 11.5 Å². The van der Waals surface area contributed by atoms with Crippen LogP contribution in [0.15, 0.2) is 4.42 Å². The first kappa shape index (κ1) is 8.54. The summed E-state index contributed by atoms with van der Waals surface area (Å²) in [7, 11) is 0. The first-order chi connectivity index (χ1) is 6.09. The van der Waals surface area contributed by atoms with E-state index in [1.54, 1.807) is 0 Å². The fraction of sp³-hybridized carbons (Fsp3) is 0.333. The number of hydrogen-bond acceptors (Lipinski definition) is 6. The van der Waals surface area contributed by atoms with Crippen molar-refractivity contribution in [2.75, 3.05) is 0 Å². The summed E-state index contributed by atoms with van der Waals surface area (Å²) < 4.78 is 24.4. The zero-order valence-electron chi connectivity index (χ0n) is 6.51. The Hall–Kier alpha value is -1.05. The van der Waals surface area contributed by atoms with Crippen LogP contribution in [0, 0.1) is 6.92 Å². The molecule has 0 unspecified atom stereocenters. The van der Waals surface area contributed by atoms with Gasteiger partial charge in [0.05, 0.1) is 0 Å². The quantitative estimate of drug-likeness (QED) is 0.700. The van der Waals surface area contributed by atoms with Crippen LogP contribution >= 0.6 is 0 Å². The highest BCUT2D eigenvalue weighted by molar-refractivity contribution is 7.76. The molecule has 1 aliphatic rings. The van der Waals surface area contributed by atoms with Gasteiger partial charge < -0.3 is 14.6 Å². The van der Waals surface area contributed by atoms with Gasteiger partial charge in [-0.2, -0.15) is 4.21 Å². The zero-order valence-corrected chi connectivity index (χ0v) is 7.33. The van der Waals surface area contributed by atoms with E-state index in [1.165, 1.54) is 6.92 Å². The maximum Gasteiger partial charge on any atom is 0.310 e.